The summed E-state index contributed by atoms with van der Waals surface area (Å²) in [4.78, 5) is 0. The molecule has 12 aromatic rings. The minimum atomic E-state index is 0.933. The molecule has 0 aliphatic rings. The molecule has 0 amide bonds. The molecular weight excluding hydrogens is 673 g/mol. The van der Waals surface area contributed by atoms with Crippen LogP contribution in [0.1, 0.15) is 0 Å². The van der Waals surface area contributed by atoms with Crippen LogP contribution in [0.4, 0.5) is 0 Å². The van der Waals surface area contributed by atoms with Crippen molar-refractivity contribution in [1.82, 2.24) is 0 Å². The lowest BCUT2D eigenvalue weighted by atomic mass is 9.84. The predicted molar refractivity (Wildman–Crippen MR) is 233 cm³/mol. The molecule has 0 unspecified atom stereocenters. The first kappa shape index (κ1) is 29.8. The van der Waals surface area contributed by atoms with Crippen molar-refractivity contribution in [2.24, 2.45) is 0 Å². The van der Waals surface area contributed by atoms with Gasteiger partial charge in [-0.2, -0.15) is 0 Å². The van der Waals surface area contributed by atoms with Crippen LogP contribution in [0, 0.1) is 0 Å². The van der Waals surface area contributed by atoms with Gasteiger partial charge in [0.25, 0.3) is 0 Å². The molecule has 0 aliphatic carbocycles. The lowest BCUT2D eigenvalue weighted by Gasteiger charge is -2.19. The van der Waals surface area contributed by atoms with E-state index < -0.39 is 0 Å². The maximum Gasteiger partial charge on any atom is 0.143 e. The number of furan rings is 1. The second-order valence-corrected chi connectivity index (χ2v) is 15.4. The summed E-state index contributed by atoms with van der Waals surface area (Å²) >= 11 is 1.87. The smallest absolute Gasteiger partial charge is 0.143 e. The highest BCUT2D eigenvalue weighted by atomic mass is 32.1. The van der Waals surface area contributed by atoms with Crippen LogP contribution in [-0.2, 0) is 0 Å². The molecule has 0 bridgehead atoms. The Hall–Kier alpha value is -6.74. The molecule has 0 N–H and O–H groups in total. The van der Waals surface area contributed by atoms with Crippen molar-refractivity contribution in [3.8, 4) is 33.4 Å². The average molecular weight is 703 g/mol. The van der Waals surface area contributed by atoms with Crippen LogP contribution < -0.4 is 0 Å². The molecule has 2 aromatic heterocycles. The van der Waals surface area contributed by atoms with Crippen LogP contribution in [0.25, 0.3) is 119 Å². The van der Waals surface area contributed by atoms with Gasteiger partial charge in [0.05, 0.1) is 0 Å². The Labute approximate surface area is 314 Å². The zero-order chi connectivity index (χ0) is 35.3. The fourth-order valence-corrected chi connectivity index (χ4v) is 10.3. The van der Waals surface area contributed by atoms with Crippen LogP contribution in [0.15, 0.2) is 186 Å². The molecular formula is C52H30OS. The lowest BCUT2D eigenvalue weighted by molar-refractivity contribution is 0.673. The van der Waals surface area contributed by atoms with Crippen LogP contribution >= 0.6 is 11.3 Å². The first-order chi connectivity index (χ1) is 26.8. The number of benzene rings is 10. The monoisotopic (exact) mass is 702 g/mol. The van der Waals surface area contributed by atoms with Crippen molar-refractivity contribution in [2.75, 3.05) is 0 Å². The van der Waals surface area contributed by atoms with Crippen LogP contribution in [0.2, 0.25) is 0 Å². The van der Waals surface area contributed by atoms with E-state index in [1.54, 1.807) is 0 Å². The quantitative estimate of drug-likeness (QED) is 0.167. The van der Waals surface area contributed by atoms with E-state index in [9.17, 15) is 0 Å². The molecule has 0 saturated heterocycles. The van der Waals surface area contributed by atoms with E-state index in [0.717, 1.165) is 16.6 Å². The van der Waals surface area contributed by atoms with Crippen molar-refractivity contribution in [1.29, 1.82) is 0 Å². The van der Waals surface area contributed by atoms with Crippen LogP contribution in [0.5, 0.6) is 0 Å². The van der Waals surface area contributed by atoms with Crippen molar-refractivity contribution in [3.63, 3.8) is 0 Å². The Kier molecular flexibility index (Phi) is 6.28. The normalized spacial score (nSPS) is 12.1. The molecule has 1 nitrogen and oxygen atoms in total. The fourth-order valence-electron chi connectivity index (χ4n) is 9.13. The maximum atomic E-state index is 6.57. The second kappa shape index (κ2) is 11.4. The SMILES string of the molecule is c1ccc(-c2c3ccccc3c(-c3ccc(-c4ccc5c(c4)sc4ccc6ccc7c8ccccc8oc7c6c45)c4ccccc34)c3ccccc23)cc1. The van der Waals surface area contributed by atoms with Gasteiger partial charge in [0, 0.05) is 36.3 Å². The summed E-state index contributed by atoms with van der Waals surface area (Å²) in [5.41, 5.74) is 9.44. The second-order valence-electron chi connectivity index (χ2n) is 14.3. The fraction of sp³-hybridized carbons (Fsp3) is 0. The van der Waals surface area contributed by atoms with Crippen LogP contribution in [-0.4, -0.2) is 0 Å². The first-order valence-electron chi connectivity index (χ1n) is 18.5. The van der Waals surface area contributed by atoms with Gasteiger partial charge in [0.15, 0.2) is 0 Å². The molecule has 0 radical (unpaired) electrons. The van der Waals surface area contributed by atoms with Gasteiger partial charge in [-0.15, -0.1) is 11.3 Å². The molecule has 0 fully saturated rings. The third kappa shape index (κ3) is 4.20. The molecule has 10 aromatic carbocycles. The zero-order valence-electron chi connectivity index (χ0n) is 29.1. The Balaban J connectivity index is 1.08. The molecule has 250 valence electrons. The summed E-state index contributed by atoms with van der Waals surface area (Å²) in [6.45, 7) is 0. The number of thiophene rings is 1. The van der Waals surface area contributed by atoms with Crippen molar-refractivity contribution in [2.45, 2.75) is 0 Å². The molecule has 0 aliphatic heterocycles. The van der Waals surface area contributed by atoms with Gasteiger partial charge in [-0.25, -0.2) is 0 Å². The highest BCUT2D eigenvalue weighted by molar-refractivity contribution is 7.26. The predicted octanol–water partition coefficient (Wildman–Crippen LogP) is 15.6. The summed E-state index contributed by atoms with van der Waals surface area (Å²) in [7, 11) is 0. The largest absolute Gasteiger partial charge is 0.455 e. The van der Waals surface area contributed by atoms with Gasteiger partial charge in [-0.3, -0.25) is 0 Å². The number of rotatable bonds is 3. The summed E-state index contributed by atoms with van der Waals surface area (Å²) < 4.78 is 9.13. The Morgan fingerprint density at radius 3 is 1.65 bits per heavy atom. The molecule has 2 heterocycles. The van der Waals surface area contributed by atoms with E-state index in [4.69, 9.17) is 4.42 Å². The van der Waals surface area contributed by atoms with Gasteiger partial charge < -0.3 is 4.42 Å². The van der Waals surface area contributed by atoms with E-state index in [-0.39, 0.29) is 0 Å². The van der Waals surface area contributed by atoms with Crippen molar-refractivity contribution >= 4 is 96.5 Å². The van der Waals surface area contributed by atoms with E-state index >= 15 is 0 Å². The summed E-state index contributed by atoms with van der Waals surface area (Å²) in [5, 5.41) is 14.9. The Bertz CT molecular complexity index is 3440. The zero-order valence-corrected chi connectivity index (χ0v) is 30.0. The van der Waals surface area contributed by atoms with E-state index in [1.165, 1.54) is 102 Å². The van der Waals surface area contributed by atoms with Crippen molar-refractivity contribution in [3.05, 3.63) is 182 Å². The van der Waals surface area contributed by atoms with E-state index in [0.29, 0.717) is 0 Å². The van der Waals surface area contributed by atoms with Crippen LogP contribution in [0.3, 0.4) is 0 Å². The summed E-state index contributed by atoms with van der Waals surface area (Å²) in [6.07, 6.45) is 0. The molecule has 54 heavy (non-hydrogen) atoms. The molecule has 2 heteroatoms. The van der Waals surface area contributed by atoms with Crippen molar-refractivity contribution < 1.29 is 4.42 Å². The highest BCUT2D eigenvalue weighted by Gasteiger charge is 2.20. The molecule has 12 rings (SSSR count). The highest BCUT2D eigenvalue weighted by Crippen LogP contribution is 2.48. The number of hydrogen-bond acceptors (Lipinski definition) is 2. The maximum absolute atomic E-state index is 6.57. The number of para-hydroxylation sites is 1. The lowest BCUT2D eigenvalue weighted by Crippen LogP contribution is -1.92. The van der Waals surface area contributed by atoms with Gasteiger partial charge in [0.1, 0.15) is 11.2 Å². The standard InChI is InChI=1S/C52H30OS/c1-2-12-31(13-3-1)48-38-17-6-8-19-40(38)50(41-20-9-7-18-39(41)48)42-28-27-34(35-14-4-5-15-36(35)42)33-23-26-44-47(30-33)54-46-29-24-32-22-25-43-37-16-10-11-21-45(37)53-52(43)49(32)51(44)46/h1-30H. The van der Waals surface area contributed by atoms with Gasteiger partial charge in [0.2, 0.25) is 0 Å². The van der Waals surface area contributed by atoms with Gasteiger partial charge in [-0.05, 0) is 95.3 Å². The minimum absolute atomic E-state index is 0.933. The number of fused-ring (bicyclic) bond motifs is 12. The summed E-state index contributed by atoms with van der Waals surface area (Å²) in [6, 6.07) is 66.7. The molecule has 0 atom stereocenters. The minimum Gasteiger partial charge on any atom is -0.455 e. The van der Waals surface area contributed by atoms with Gasteiger partial charge in [-0.1, -0.05) is 158 Å². The average Bonchev–Trinajstić information content (AvgIpc) is 3.81. The van der Waals surface area contributed by atoms with E-state index in [1.807, 2.05) is 17.4 Å². The third-order valence-corrected chi connectivity index (χ3v) is 12.6. The molecule has 0 saturated carbocycles. The third-order valence-electron chi connectivity index (χ3n) is 11.5. The topological polar surface area (TPSA) is 13.1 Å². The van der Waals surface area contributed by atoms with Gasteiger partial charge >= 0.3 is 0 Å². The van der Waals surface area contributed by atoms with E-state index in [2.05, 4.69) is 176 Å². The number of hydrogen-bond donors (Lipinski definition) is 0. The summed E-state index contributed by atoms with van der Waals surface area (Å²) in [5.74, 6) is 0. The molecule has 0 spiro atoms. The Morgan fingerprint density at radius 2 is 0.907 bits per heavy atom. The Morgan fingerprint density at radius 1 is 0.333 bits per heavy atom. The first-order valence-corrected chi connectivity index (χ1v) is 19.3.